The van der Waals surface area contributed by atoms with Gasteiger partial charge in [0.25, 0.3) is 0 Å². The molecule has 2 aliphatic rings. The number of hydrogen-bond acceptors (Lipinski definition) is 2. The summed E-state index contributed by atoms with van der Waals surface area (Å²) in [6, 6.07) is 5.49. The standard InChI is InChI=1S/C17H12F5NO/c18-12-5-4-9-6-10-2-1-3-13-16(10)23(7-11(9)15(12)19)14(8-24-13)17(20,21)22/h1-5,14H,6-8H2. The lowest BCUT2D eigenvalue weighted by Crippen LogP contribution is -2.51. The summed E-state index contributed by atoms with van der Waals surface area (Å²) in [7, 11) is 0. The lowest BCUT2D eigenvalue weighted by molar-refractivity contribution is -0.157. The van der Waals surface area contributed by atoms with Gasteiger partial charge >= 0.3 is 6.18 Å². The Morgan fingerprint density at radius 2 is 1.83 bits per heavy atom. The SMILES string of the molecule is Fc1ccc2c(c1F)CN1c3c(cccc3OCC1C(F)(F)F)C2. The van der Waals surface area contributed by atoms with Crippen LogP contribution in [0.25, 0.3) is 0 Å². The number of hydrogen-bond donors (Lipinski definition) is 0. The molecule has 2 heterocycles. The van der Waals surface area contributed by atoms with Crippen LogP contribution in [0.5, 0.6) is 5.75 Å². The van der Waals surface area contributed by atoms with Crippen molar-refractivity contribution in [2.75, 3.05) is 11.5 Å². The highest BCUT2D eigenvalue weighted by molar-refractivity contribution is 5.68. The lowest BCUT2D eigenvalue weighted by Gasteiger charge is -2.39. The fourth-order valence-corrected chi connectivity index (χ4v) is 3.37. The fraction of sp³-hybridized carbons (Fsp3) is 0.294. The van der Waals surface area contributed by atoms with Crippen LogP contribution in [0.4, 0.5) is 27.6 Å². The van der Waals surface area contributed by atoms with Gasteiger partial charge in [-0.25, -0.2) is 8.78 Å². The average molecular weight is 341 g/mol. The average Bonchev–Trinajstić information content (AvgIpc) is 2.69. The maximum absolute atomic E-state index is 14.2. The summed E-state index contributed by atoms with van der Waals surface area (Å²) in [4.78, 5) is 1.09. The highest BCUT2D eigenvalue weighted by atomic mass is 19.4. The van der Waals surface area contributed by atoms with Gasteiger partial charge in [0.2, 0.25) is 0 Å². The number of para-hydroxylation sites is 1. The summed E-state index contributed by atoms with van der Waals surface area (Å²) in [6.45, 7) is -0.928. The van der Waals surface area contributed by atoms with Gasteiger partial charge in [-0.1, -0.05) is 18.2 Å². The van der Waals surface area contributed by atoms with Crippen molar-refractivity contribution in [3.8, 4) is 5.75 Å². The zero-order valence-corrected chi connectivity index (χ0v) is 12.3. The van der Waals surface area contributed by atoms with Gasteiger partial charge in [-0.15, -0.1) is 0 Å². The highest BCUT2D eigenvalue weighted by Crippen LogP contribution is 2.45. The van der Waals surface area contributed by atoms with Crippen LogP contribution in [0.3, 0.4) is 0 Å². The molecule has 0 bridgehead atoms. The monoisotopic (exact) mass is 341 g/mol. The van der Waals surface area contributed by atoms with E-state index < -0.39 is 30.5 Å². The van der Waals surface area contributed by atoms with E-state index in [9.17, 15) is 22.0 Å². The van der Waals surface area contributed by atoms with Crippen LogP contribution in [-0.4, -0.2) is 18.8 Å². The normalized spacial score (nSPS) is 19.2. The van der Waals surface area contributed by atoms with E-state index in [1.54, 1.807) is 18.2 Å². The van der Waals surface area contributed by atoms with E-state index in [-0.39, 0.29) is 18.5 Å². The van der Waals surface area contributed by atoms with E-state index in [0.29, 0.717) is 22.6 Å². The van der Waals surface area contributed by atoms with Crippen LogP contribution in [0.2, 0.25) is 0 Å². The molecule has 0 aromatic heterocycles. The molecule has 0 saturated heterocycles. The molecular formula is C17H12F5NO. The van der Waals surface area contributed by atoms with Crippen LogP contribution >= 0.6 is 0 Å². The van der Waals surface area contributed by atoms with Gasteiger partial charge in [-0.2, -0.15) is 13.2 Å². The fourth-order valence-electron chi connectivity index (χ4n) is 3.37. The molecular weight excluding hydrogens is 329 g/mol. The summed E-state index contributed by atoms with van der Waals surface area (Å²) in [5.74, 6) is -1.81. The second kappa shape index (κ2) is 5.09. The first-order chi connectivity index (χ1) is 11.4. The minimum atomic E-state index is -4.54. The second-order valence-corrected chi connectivity index (χ2v) is 5.94. The van der Waals surface area contributed by atoms with Crippen LogP contribution < -0.4 is 9.64 Å². The van der Waals surface area contributed by atoms with Crippen molar-refractivity contribution < 1.29 is 26.7 Å². The molecule has 24 heavy (non-hydrogen) atoms. The third kappa shape index (κ3) is 2.22. The Labute approximate surface area is 134 Å². The molecule has 0 radical (unpaired) electrons. The van der Waals surface area contributed by atoms with Crippen molar-refractivity contribution in [2.24, 2.45) is 0 Å². The first-order valence-corrected chi connectivity index (χ1v) is 7.40. The molecule has 0 aliphatic carbocycles. The molecule has 2 nitrogen and oxygen atoms in total. The van der Waals surface area contributed by atoms with Gasteiger partial charge in [-0.3, -0.25) is 0 Å². The largest absolute Gasteiger partial charge is 0.489 e. The van der Waals surface area contributed by atoms with Gasteiger partial charge < -0.3 is 9.64 Å². The van der Waals surface area contributed by atoms with Crippen molar-refractivity contribution in [1.29, 1.82) is 0 Å². The number of fused-ring (bicyclic) bond motifs is 1. The van der Waals surface area contributed by atoms with Crippen LogP contribution in [0.1, 0.15) is 16.7 Å². The first kappa shape index (κ1) is 15.2. The van der Waals surface area contributed by atoms with E-state index in [0.717, 1.165) is 11.0 Å². The van der Waals surface area contributed by atoms with Crippen LogP contribution in [-0.2, 0) is 13.0 Å². The molecule has 0 fully saturated rings. The zero-order chi connectivity index (χ0) is 17.1. The minimum absolute atomic E-state index is 0.0340. The molecule has 0 amide bonds. The smallest absolute Gasteiger partial charge is 0.412 e. The Balaban J connectivity index is 1.93. The molecule has 2 aromatic rings. The Morgan fingerprint density at radius 3 is 2.58 bits per heavy atom. The summed E-state index contributed by atoms with van der Waals surface area (Å²) in [5, 5.41) is 0. The predicted molar refractivity (Wildman–Crippen MR) is 77.1 cm³/mol. The predicted octanol–water partition coefficient (Wildman–Crippen LogP) is 4.20. The number of ether oxygens (including phenoxy) is 1. The Hall–Kier alpha value is -2.31. The minimum Gasteiger partial charge on any atom is -0.489 e. The quantitative estimate of drug-likeness (QED) is 0.666. The van der Waals surface area contributed by atoms with Gasteiger partial charge in [-0.05, 0) is 23.3 Å². The maximum atomic E-state index is 14.2. The third-order valence-corrected chi connectivity index (χ3v) is 4.52. The zero-order valence-electron chi connectivity index (χ0n) is 12.3. The van der Waals surface area contributed by atoms with E-state index in [2.05, 4.69) is 0 Å². The van der Waals surface area contributed by atoms with Gasteiger partial charge in [0.05, 0.1) is 5.69 Å². The van der Waals surface area contributed by atoms with Crippen LogP contribution in [0, 0.1) is 11.6 Å². The Kier molecular flexibility index (Phi) is 3.23. The van der Waals surface area contributed by atoms with Gasteiger partial charge in [0.15, 0.2) is 17.7 Å². The van der Waals surface area contributed by atoms with Crippen molar-refractivity contribution >= 4 is 5.69 Å². The summed E-state index contributed by atoms with van der Waals surface area (Å²) in [6.07, 6.45) is -4.32. The van der Waals surface area contributed by atoms with E-state index in [4.69, 9.17) is 4.74 Å². The second-order valence-electron chi connectivity index (χ2n) is 5.94. The number of anilines is 1. The summed E-state index contributed by atoms with van der Waals surface area (Å²) < 4.78 is 73.4. The molecule has 2 aliphatic heterocycles. The van der Waals surface area contributed by atoms with Crippen LogP contribution in [0.15, 0.2) is 30.3 Å². The first-order valence-electron chi connectivity index (χ1n) is 7.40. The number of nitrogens with zero attached hydrogens (tertiary/aromatic N) is 1. The molecule has 4 rings (SSSR count). The van der Waals surface area contributed by atoms with E-state index >= 15 is 0 Å². The lowest BCUT2D eigenvalue weighted by atomic mass is 10.00. The number of rotatable bonds is 0. The van der Waals surface area contributed by atoms with Crippen molar-refractivity contribution in [2.45, 2.75) is 25.2 Å². The third-order valence-electron chi connectivity index (χ3n) is 4.52. The van der Waals surface area contributed by atoms with Crippen molar-refractivity contribution in [3.63, 3.8) is 0 Å². The Morgan fingerprint density at radius 1 is 1.04 bits per heavy atom. The topological polar surface area (TPSA) is 12.5 Å². The highest BCUT2D eigenvalue weighted by Gasteiger charge is 2.48. The van der Waals surface area contributed by atoms with E-state index in [1.807, 2.05) is 0 Å². The van der Waals surface area contributed by atoms with Gasteiger partial charge in [0.1, 0.15) is 12.4 Å². The summed E-state index contributed by atoms with van der Waals surface area (Å²) in [5.41, 5.74) is 1.36. The molecule has 1 atom stereocenters. The molecule has 0 spiro atoms. The summed E-state index contributed by atoms with van der Waals surface area (Å²) >= 11 is 0. The Bertz CT molecular complexity index is 817. The molecule has 1 unspecified atom stereocenters. The van der Waals surface area contributed by atoms with Gasteiger partial charge in [0, 0.05) is 18.5 Å². The van der Waals surface area contributed by atoms with Crippen molar-refractivity contribution in [1.82, 2.24) is 0 Å². The molecule has 2 aromatic carbocycles. The van der Waals surface area contributed by atoms with Crippen molar-refractivity contribution in [3.05, 3.63) is 58.7 Å². The number of benzene rings is 2. The number of alkyl halides is 3. The molecule has 0 saturated carbocycles. The maximum Gasteiger partial charge on any atom is 0.412 e. The molecule has 126 valence electrons. The molecule has 0 N–H and O–H groups in total. The number of halogens is 5. The van der Waals surface area contributed by atoms with E-state index in [1.165, 1.54) is 6.07 Å². The molecule has 7 heteroatoms.